The van der Waals surface area contributed by atoms with Gasteiger partial charge in [0.05, 0.1) is 0 Å². The van der Waals surface area contributed by atoms with Crippen LogP contribution < -0.4 is 5.73 Å². The summed E-state index contributed by atoms with van der Waals surface area (Å²) >= 11 is 12.4. The maximum atomic E-state index is 6.70. The van der Waals surface area contributed by atoms with Gasteiger partial charge in [0.25, 0.3) is 0 Å². The molecular weight excluding hydrogens is 303 g/mol. The van der Waals surface area contributed by atoms with Crippen molar-refractivity contribution >= 4 is 23.2 Å². The molecule has 2 N–H and O–H groups in total. The Morgan fingerprint density at radius 1 is 1.10 bits per heavy atom. The first-order chi connectivity index (χ1) is 10.1. The van der Waals surface area contributed by atoms with E-state index in [-0.39, 0.29) is 11.6 Å². The summed E-state index contributed by atoms with van der Waals surface area (Å²) in [7, 11) is 0. The molecule has 1 saturated heterocycles. The summed E-state index contributed by atoms with van der Waals surface area (Å²) in [6.07, 6.45) is 8.49. The number of benzene rings is 1. The molecule has 2 aliphatic rings. The highest BCUT2D eigenvalue weighted by molar-refractivity contribution is 6.33. The summed E-state index contributed by atoms with van der Waals surface area (Å²) in [6.45, 7) is 2.41. The minimum Gasteiger partial charge on any atom is -0.326 e. The van der Waals surface area contributed by atoms with Gasteiger partial charge < -0.3 is 5.73 Å². The van der Waals surface area contributed by atoms with Crippen LogP contribution >= 0.6 is 23.2 Å². The molecule has 1 aromatic carbocycles. The zero-order valence-corrected chi connectivity index (χ0v) is 14.0. The van der Waals surface area contributed by atoms with E-state index in [1.54, 1.807) is 0 Å². The first-order valence-corrected chi connectivity index (χ1v) is 8.82. The third-order valence-electron chi connectivity index (χ3n) is 5.34. The van der Waals surface area contributed by atoms with E-state index in [2.05, 4.69) is 4.90 Å². The van der Waals surface area contributed by atoms with Crippen LogP contribution in [0, 0.1) is 0 Å². The Morgan fingerprint density at radius 3 is 2.43 bits per heavy atom. The van der Waals surface area contributed by atoms with Crippen LogP contribution in [0.3, 0.4) is 0 Å². The molecule has 2 fully saturated rings. The topological polar surface area (TPSA) is 29.3 Å². The highest BCUT2D eigenvalue weighted by Crippen LogP contribution is 2.40. The van der Waals surface area contributed by atoms with E-state index >= 15 is 0 Å². The fourth-order valence-corrected chi connectivity index (χ4v) is 4.59. The van der Waals surface area contributed by atoms with Gasteiger partial charge in [0.15, 0.2) is 0 Å². The quantitative estimate of drug-likeness (QED) is 0.895. The van der Waals surface area contributed by atoms with Crippen LogP contribution in [0.2, 0.25) is 10.0 Å². The van der Waals surface area contributed by atoms with Gasteiger partial charge in [0.1, 0.15) is 0 Å². The molecule has 1 heterocycles. The van der Waals surface area contributed by atoms with Crippen molar-refractivity contribution in [3.8, 4) is 0 Å². The van der Waals surface area contributed by atoms with E-state index in [0.717, 1.165) is 22.0 Å². The van der Waals surface area contributed by atoms with Crippen molar-refractivity contribution in [3.63, 3.8) is 0 Å². The third kappa shape index (κ3) is 3.10. The van der Waals surface area contributed by atoms with E-state index in [1.165, 1.54) is 51.6 Å². The van der Waals surface area contributed by atoms with Gasteiger partial charge in [-0.3, -0.25) is 4.90 Å². The van der Waals surface area contributed by atoms with Crippen LogP contribution in [-0.2, 0) is 6.42 Å². The molecule has 21 heavy (non-hydrogen) atoms. The van der Waals surface area contributed by atoms with Gasteiger partial charge in [0.2, 0.25) is 0 Å². The number of hydrogen-bond donors (Lipinski definition) is 1. The molecule has 4 heteroatoms. The molecule has 0 amide bonds. The first-order valence-electron chi connectivity index (χ1n) is 8.06. The number of nitrogens with zero attached hydrogens (tertiary/aromatic N) is 1. The molecule has 0 aromatic heterocycles. The van der Waals surface area contributed by atoms with Crippen LogP contribution in [0.25, 0.3) is 0 Å². The monoisotopic (exact) mass is 326 g/mol. The van der Waals surface area contributed by atoms with Crippen LogP contribution in [0.1, 0.15) is 44.1 Å². The second-order valence-corrected chi connectivity index (χ2v) is 7.39. The molecule has 1 saturated carbocycles. The van der Waals surface area contributed by atoms with Gasteiger partial charge in [0, 0.05) is 21.6 Å². The number of hydrogen-bond acceptors (Lipinski definition) is 2. The smallest absolute Gasteiger partial charge is 0.0439 e. The van der Waals surface area contributed by atoms with Gasteiger partial charge in [-0.25, -0.2) is 0 Å². The first kappa shape index (κ1) is 15.6. The van der Waals surface area contributed by atoms with E-state index in [0.29, 0.717) is 0 Å². The Hall–Kier alpha value is -0.280. The molecule has 0 spiro atoms. The predicted molar refractivity (Wildman–Crippen MR) is 90.1 cm³/mol. The zero-order chi connectivity index (χ0) is 14.9. The largest absolute Gasteiger partial charge is 0.326 e. The second kappa shape index (κ2) is 6.45. The molecule has 1 unspecified atom stereocenters. The molecule has 1 aliphatic carbocycles. The van der Waals surface area contributed by atoms with E-state index < -0.39 is 0 Å². The minimum absolute atomic E-state index is 0.133. The molecule has 116 valence electrons. The predicted octanol–water partition coefficient (Wildman–Crippen LogP) is 4.27. The Bertz CT molecular complexity index is 492. The number of likely N-dealkylation sites (tertiary alicyclic amines) is 1. The van der Waals surface area contributed by atoms with Crippen LogP contribution in [0.4, 0.5) is 0 Å². The molecule has 0 bridgehead atoms. The highest BCUT2D eigenvalue weighted by Gasteiger charge is 2.45. The van der Waals surface area contributed by atoms with Crippen LogP contribution in [0.5, 0.6) is 0 Å². The summed E-state index contributed by atoms with van der Waals surface area (Å²) in [6, 6.07) is 5.82. The van der Waals surface area contributed by atoms with Crippen molar-refractivity contribution in [3.05, 3.63) is 33.8 Å². The number of rotatable bonds is 4. The van der Waals surface area contributed by atoms with Crippen molar-refractivity contribution in [1.29, 1.82) is 0 Å². The standard InChI is InChI=1S/C17H24Cl2N2/c18-14-5-6-15(19)13(11-14)12-16(20)17(7-1-2-8-17)21-9-3-4-10-21/h5-6,11,16H,1-4,7-10,12,20H2. The minimum atomic E-state index is 0.133. The summed E-state index contributed by atoms with van der Waals surface area (Å²) in [4.78, 5) is 2.66. The second-order valence-electron chi connectivity index (χ2n) is 6.55. The molecular formula is C17H24Cl2N2. The van der Waals surface area contributed by atoms with Crippen LogP contribution in [-0.4, -0.2) is 29.6 Å². The molecule has 0 radical (unpaired) electrons. The average molecular weight is 327 g/mol. The lowest BCUT2D eigenvalue weighted by Gasteiger charge is -2.43. The fourth-order valence-electron chi connectivity index (χ4n) is 4.20. The van der Waals surface area contributed by atoms with E-state index in [9.17, 15) is 0 Å². The lowest BCUT2D eigenvalue weighted by molar-refractivity contribution is 0.0921. The Morgan fingerprint density at radius 2 is 1.76 bits per heavy atom. The average Bonchev–Trinajstić information content (AvgIpc) is 3.13. The normalized spacial score (nSPS) is 23.6. The SMILES string of the molecule is NC(Cc1cc(Cl)ccc1Cl)C1(N2CCCC2)CCCC1. The van der Waals surface area contributed by atoms with Crippen molar-refractivity contribution in [1.82, 2.24) is 4.90 Å². The molecule has 3 rings (SSSR count). The van der Waals surface area contributed by atoms with Gasteiger partial charge in [-0.2, -0.15) is 0 Å². The van der Waals surface area contributed by atoms with Crippen molar-refractivity contribution in [2.75, 3.05) is 13.1 Å². The summed E-state index contributed by atoms with van der Waals surface area (Å²) < 4.78 is 0. The lowest BCUT2D eigenvalue weighted by atomic mass is 9.83. The third-order valence-corrected chi connectivity index (χ3v) is 5.95. The number of halogens is 2. The summed E-state index contributed by atoms with van der Waals surface area (Å²) in [5, 5.41) is 1.52. The van der Waals surface area contributed by atoms with Crippen molar-refractivity contribution < 1.29 is 0 Å². The Labute approximate surface area is 137 Å². The maximum absolute atomic E-state index is 6.70. The van der Waals surface area contributed by atoms with Gasteiger partial charge in [-0.1, -0.05) is 36.0 Å². The molecule has 1 aromatic rings. The molecule has 1 atom stereocenters. The molecule has 1 aliphatic heterocycles. The van der Waals surface area contributed by atoms with Crippen molar-refractivity contribution in [2.45, 2.75) is 56.5 Å². The Kier molecular flexibility index (Phi) is 4.80. The molecule has 2 nitrogen and oxygen atoms in total. The maximum Gasteiger partial charge on any atom is 0.0439 e. The highest BCUT2D eigenvalue weighted by atomic mass is 35.5. The van der Waals surface area contributed by atoms with E-state index in [4.69, 9.17) is 28.9 Å². The van der Waals surface area contributed by atoms with Crippen molar-refractivity contribution in [2.24, 2.45) is 5.73 Å². The summed E-state index contributed by atoms with van der Waals surface area (Å²) in [5.41, 5.74) is 7.97. The van der Waals surface area contributed by atoms with Gasteiger partial charge >= 0.3 is 0 Å². The number of nitrogens with two attached hydrogens (primary N) is 1. The lowest BCUT2D eigenvalue weighted by Crippen LogP contribution is -2.58. The van der Waals surface area contributed by atoms with Crippen LogP contribution in [0.15, 0.2) is 18.2 Å². The fraction of sp³-hybridized carbons (Fsp3) is 0.647. The zero-order valence-electron chi connectivity index (χ0n) is 12.5. The summed E-state index contributed by atoms with van der Waals surface area (Å²) in [5.74, 6) is 0. The van der Waals surface area contributed by atoms with E-state index in [1.807, 2.05) is 18.2 Å². The Balaban J connectivity index is 1.81. The van der Waals surface area contributed by atoms with Gasteiger partial charge in [-0.15, -0.1) is 0 Å². The van der Waals surface area contributed by atoms with Gasteiger partial charge in [-0.05, 0) is 69.0 Å².